The molecule has 0 bridgehead atoms. The lowest BCUT2D eigenvalue weighted by Gasteiger charge is -2.27. The first-order valence-corrected chi connectivity index (χ1v) is 19.7. The number of hydrogen-bond acceptors (Lipinski definition) is 9. The van der Waals surface area contributed by atoms with Gasteiger partial charge in [0.05, 0.1) is 18.3 Å². The minimum Gasteiger partial charge on any atom is -0.494 e. The first-order chi connectivity index (χ1) is 22.2. The van der Waals surface area contributed by atoms with Gasteiger partial charge >= 0.3 is 11.9 Å². The van der Waals surface area contributed by atoms with Gasteiger partial charge in [0.2, 0.25) is 0 Å². The largest absolute Gasteiger partial charge is 0.494 e. The Morgan fingerprint density at radius 1 is 1.06 bits per heavy atom. The average Bonchev–Trinajstić information content (AvgIpc) is 3.31. The van der Waals surface area contributed by atoms with Crippen LogP contribution in [-0.4, -0.2) is 70.7 Å². The molecule has 0 saturated carbocycles. The number of cyclic esters (lactones) is 1. The zero-order valence-corrected chi connectivity index (χ0v) is 29.5. The molecule has 3 unspecified atom stereocenters. The van der Waals surface area contributed by atoms with E-state index in [2.05, 4.69) is 19.6 Å². The van der Waals surface area contributed by atoms with E-state index in [-0.39, 0.29) is 30.1 Å². The predicted molar refractivity (Wildman–Crippen MR) is 179 cm³/mol. The molecule has 2 aromatic rings. The second-order valence-electron chi connectivity index (χ2n) is 13.6. The van der Waals surface area contributed by atoms with Gasteiger partial charge in [0.15, 0.2) is 18.7 Å². The van der Waals surface area contributed by atoms with Gasteiger partial charge in [0.1, 0.15) is 35.1 Å². The molecule has 0 N–H and O–H groups in total. The Balaban J connectivity index is 1.76. The van der Waals surface area contributed by atoms with Gasteiger partial charge in [-0.25, -0.2) is 14.0 Å². The van der Waals surface area contributed by atoms with Crippen LogP contribution in [0, 0.1) is 5.92 Å². The van der Waals surface area contributed by atoms with E-state index in [1.807, 2.05) is 0 Å². The molecule has 0 aromatic heterocycles. The quantitative estimate of drug-likeness (QED) is 0.152. The summed E-state index contributed by atoms with van der Waals surface area (Å²) in [6, 6.07) is 12.7. The first kappa shape index (κ1) is 36.3. The molecular formula is C36H47FO9Si. The molecule has 0 spiro atoms. The molecule has 2 aromatic carbocycles. The van der Waals surface area contributed by atoms with Crippen molar-refractivity contribution in [1.82, 2.24) is 0 Å². The summed E-state index contributed by atoms with van der Waals surface area (Å²) >= 11 is 0. The van der Waals surface area contributed by atoms with Crippen LogP contribution in [-0.2, 0) is 23.7 Å². The molecule has 0 aliphatic carbocycles. The third-order valence-corrected chi connectivity index (χ3v) is 9.62. The van der Waals surface area contributed by atoms with Gasteiger partial charge in [-0.3, -0.25) is 0 Å². The van der Waals surface area contributed by atoms with Crippen LogP contribution in [0.2, 0.25) is 25.7 Å². The highest BCUT2D eigenvalue weighted by Crippen LogP contribution is 2.37. The average molecular weight is 671 g/mol. The third-order valence-electron chi connectivity index (χ3n) is 7.92. The molecule has 5 atom stereocenters. The van der Waals surface area contributed by atoms with E-state index >= 15 is 4.39 Å². The summed E-state index contributed by atoms with van der Waals surface area (Å²) in [4.78, 5) is 26.9. The molecule has 11 heteroatoms. The van der Waals surface area contributed by atoms with E-state index in [1.165, 1.54) is 13.2 Å². The number of ether oxygens (including phenoxy) is 7. The van der Waals surface area contributed by atoms with Crippen LogP contribution in [0.3, 0.4) is 0 Å². The number of methoxy groups -OCH3 is 1. The van der Waals surface area contributed by atoms with Crippen molar-refractivity contribution in [2.45, 2.75) is 90.0 Å². The second kappa shape index (κ2) is 15.6. The maximum Gasteiger partial charge on any atom is 0.342 e. The SMILES string of the molecule is COCOc1cc(OCC[Si](C)(C)C)cc2c1C(=O)O[C@@H](C)[C@H](C)C=C(F)C(OC(=O)c1ccccc1)C1OC(C)(C)OC1CC=C2. The van der Waals surface area contributed by atoms with Gasteiger partial charge in [-0.1, -0.05) is 56.9 Å². The summed E-state index contributed by atoms with van der Waals surface area (Å²) in [6.45, 7) is 14.1. The smallest absolute Gasteiger partial charge is 0.342 e. The van der Waals surface area contributed by atoms with Crippen molar-refractivity contribution in [2.24, 2.45) is 5.92 Å². The zero-order valence-electron chi connectivity index (χ0n) is 28.5. The molecule has 1 fully saturated rings. The maximum atomic E-state index is 16.2. The first-order valence-electron chi connectivity index (χ1n) is 16.0. The van der Waals surface area contributed by atoms with E-state index in [4.69, 9.17) is 33.2 Å². The summed E-state index contributed by atoms with van der Waals surface area (Å²) < 4.78 is 57.4. The van der Waals surface area contributed by atoms with Crippen LogP contribution in [0.5, 0.6) is 11.5 Å². The Labute approximate surface area is 278 Å². The maximum absolute atomic E-state index is 16.2. The Hall–Kier alpha value is -3.51. The highest BCUT2D eigenvalue weighted by molar-refractivity contribution is 6.76. The molecule has 256 valence electrons. The highest BCUT2D eigenvalue weighted by Gasteiger charge is 2.48. The van der Waals surface area contributed by atoms with Gasteiger partial charge < -0.3 is 33.2 Å². The van der Waals surface area contributed by atoms with Crippen LogP contribution < -0.4 is 9.47 Å². The van der Waals surface area contributed by atoms with Crippen LogP contribution in [0.1, 0.15) is 60.4 Å². The highest BCUT2D eigenvalue weighted by atomic mass is 28.3. The van der Waals surface area contributed by atoms with Crippen molar-refractivity contribution in [2.75, 3.05) is 20.5 Å². The number of carbonyl (C=O) groups is 2. The van der Waals surface area contributed by atoms with Crippen LogP contribution in [0.25, 0.3) is 6.08 Å². The number of esters is 2. The molecule has 0 radical (unpaired) electrons. The zero-order chi connectivity index (χ0) is 34.4. The monoisotopic (exact) mass is 670 g/mol. The van der Waals surface area contributed by atoms with Crippen LogP contribution in [0.15, 0.2) is 60.4 Å². The minimum absolute atomic E-state index is 0.102. The van der Waals surface area contributed by atoms with Gasteiger partial charge in [0, 0.05) is 27.2 Å². The molecule has 0 amide bonds. The minimum atomic E-state index is -1.41. The lowest BCUT2D eigenvalue weighted by atomic mass is 9.98. The Morgan fingerprint density at radius 3 is 2.47 bits per heavy atom. The van der Waals surface area contributed by atoms with Crippen molar-refractivity contribution in [3.63, 3.8) is 0 Å². The second-order valence-corrected chi connectivity index (χ2v) is 19.2. The van der Waals surface area contributed by atoms with Gasteiger partial charge in [-0.05, 0) is 63.1 Å². The van der Waals surface area contributed by atoms with E-state index in [9.17, 15) is 9.59 Å². The molecule has 1 saturated heterocycles. The molecule has 2 aliphatic rings. The Bertz CT molecular complexity index is 1450. The summed E-state index contributed by atoms with van der Waals surface area (Å²) in [5.41, 5.74) is 0.967. The molecule has 2 aliphatic heterocycles. The van der Waals surface area contributed by atoms with E-state index < -0.39 is 62.0 Å². The van der Waals surface area contributed by atoms with Gasteiger partial charge in [-0.15, -0.1) is 0 Å². The van der Waals surface area contributed by atoms with Crippen LogP contribution >= 0.6 is 0 Å². The number of hydrogen-bond donors (Lipinski definition) is 0. The Kier molecular flexibility index (Phi) is 12.0. The lowest BCUT2D eigenvalue weighted by Crippen LogP contribution is -2.39. The lowest BCUT2D eigenvalue weighted by molar-refractivity contribution is -0.154. The normalized spacial score (nSPS) is 24.7. The summed E-state index contributed by atoms with van der Waals surface area (Å²) in [6.07, 6.45) is 1.25. The summed E-state index contributed by atoms with van der Waals surface area (Å²) in [7, 11) is 0.125. The molecule has 4 rings (SSSR count). The fourth-order valence-corrected chi connectivity index (χ4v) is 5.96. The number of carbonyl (C=O) groups excluding carboxylic acids is 2. The molecule has 9 nitrogen and oxygen atoms in total. The molecule has 47 heavy (non-hydrogen) atoms. The Morgan fingerprint density at radius 2 is 1.79 bits per heavy atom. The van der Waals surface area contributed by atoms with E-state index in [1.54, 1.807) is 82.3 Å². The number of fused-ring (bicyclic) bond motifs is 2. The molecule has 2 heterocycles. The number of rotatable bonds is 9. The van der Waals surface area contributed by atoms with E-state index in [0.717, 1.165) is 6.04 Å². The van der Waals surface area contributed by atoms with Crippen molar-refractivity contribution in [3.05, 3.63) is 77.1 Å². The molecular weight excluding hydrogens is 623 g/mol. The summed E-state index contributed by atoms with van der Waals surface area (Å²) in [5, 5.41) is 0. The van der Waals surface area contributed by atoms with Crippen LogP contribution in [0.4, 0.5) is 4.39 Å². The summed E-state index contributed by atoms with van der Waals surface area (Å²) in [5.74, 6) is -3.00. The number of benzene rings is 2. The van der Waals surface area contributed by atoms with Crippen molar-refractivity contribution < 1.29 is 47.1 Å². The standard InChI is InChI=1S/C36H47FO9Si/c1-23-19-28(37)32(44-34(38)25-13-10-9-11-14-25)33-29(45-36(3,4)46-33)16-12-15-26-20-27(41-17-18-47(6,7)8)21-30(42-22-40-5)31(26)35(39)43-24(23)2/h9-15,19-21,23-24,29,32-33H,16-18,22H2,1-8H3/t23-,24+,29?,32?,33?/m1/s1. The number of halogens is 1. The predicted octanol–water partition coefficient (Wildman–Crippen LogP) is 7.58. The van der Waals surface area contributed by atoms with Crippen molar-refractivity contribution in [1.29, 1.82) is 0 Å². The van der Waals surface area contributed by atoms with Gasteiger partial charge in [0.25, 0.3) is 0 Å². The van der Waals surface area contributed by atoms with E-state index in [0.29, 0.717) is 17.9 Å². The van der Waals surface area contributed by atoms with Crippen molar-refractivity contribution in [3.8, 4) is 11.5 Å². The van der Waals surface area contributed by atoms with Gasteiger partial charge in [-0.2, -0.15) is 0 Å². The fourth-order valence-electron chi connectivity index (χ4n) is 5.24. The van der Waals surface area contributed by atoms with Crippen molar-refractivity contribution >= 4 is 26.1 Å². The fraction of sp³-hybridized carbons (Fsp3) is 0.500. The topological polar surface area (TPSA) is 98.8 Å². The third kappa shape index (κ3) is 9.99.